The third-order valence-electron chi connectivity index (χ3n) is 4.86. The first-order chi connectivity index (χ1) is 13.0. The van der Waals surface area contributed by atoms with Gasteiger partial charge in [-0.2, -0.15) is 0 Å². The number of fused-ring (bicyclic) bond motifs is 3. The topological polar surface area (TPSA) is 60.7 Å². The van der Waals surface area contributed by atoms with Gasteiger partial charge in [0.05, 0.1) is 30.8 Å². The van der Waals surface area contributed by atoms with Crippen LogP contribution >= 0.6 is 0 Å². The summed E-state index contributed by atoms with van der Waals surface area (Å²) < 4.78 is 12.9. The highest BCUT2D eigenvalue weighted by Gasteiger charge is 2.16. The Morgan fingerprint density at radius 2 is 1.41 bits per heavy atom. The normalized spacial score (nSPS) is 11.1. The number of methoxy groups -OCH3 is 2. The quantitative estimate of drug-likeness (QED) is 0.567. The molecule has 5 nitrogen and oxygen atoms in total. The molecule has 0 unspecified atom stereocenters. The highest BCUT2D eigenvalue weighted by Crippen LogP contribution is 2.36. The van der Waals surface area contributed by atoms with Crippen molar-refractivity contribution in [1.29, 1.82) is 0 Å². The Morgan fingerprint density at radius 1 is 0.852 bits per heavy atom. The number of carboxylic acid groups (broad SMARTS) is 1. The second-order valence-corrected chi connectivity index (χ2v) is 6.41. The molecule has 0 aliphatic carbocycles. The van der Waals surface area contributed by atoms with Gasteiger partial charge in [-0.15, -0.1) is 0 Å². The molecule has 0 aliphatic heterocycles. The number of hydrogen-bond donors (Lipinski definition) is 1. The first-order valence-electron chi connectivity index (χ1n) is 8.54. The largest absolute Gasteiger partial charge is 0.497 e. The number of benzene rings is 3. The number of aromatic nitrogens is 1. The summed E-state index contributed by atoms with van der Waals surface area (Å²) >= 11 is 0. The van der Waals surface area contributed by atoms with Gasteiger partial charge >= 0.3 is 5.97 Å². The van der Waals surface area contributed by atoms with Crippen molar-refractivity contribution in [3.05, 3.63) is 65.7 Å². The molecule has 1 N–H and O–H groups in total. The van der Waals surface area contributed by atoms with E-state index >= 15 is 0 Å². The van der Waals surface area contributed by atoms with Crippen molar-refractivity contribution in [2.75, 3.05) is 14.2 Å². The fourth-order valence-corrected chi connectivity index (χ4v) is 3.53. The van der Waals surface area contributed by atoms with E-state index in [0.29, 0.717) is 0 Å². The Labute approximate surface area is 156 Å². The van der Waals surface area contributed by atoms with Crippen LogP contribution in [0, 0.1) is 6.92 Å². The number of rotatable bonds is 4. The molecule has 136 valence electrons. The van der Waals surface area contributed by atoms with Crippen molar-refractivity contribution in [3.63, 3.8) is 0 Å². The number of aryl methyl sites for hydroxylation is 1. The van der Waals surface area contributed by atoms with E-state index < -0.39 is 5.97 Å². The second kappa shape index (κ2) is 6.36. The lowest BCUT2D eigenvalue weighted by Crippen LogP contribution is -2.01. The molecule has 3 aromatic carbocycles. The fourth-order valence-electron chi connectivity index (χ4n) is 3.53. The summed E-state index contributed by atoms with van der Waals surface area (Å²) in [6.07, 6.45) is 0. The van der Waals surface area contributed by atoms with Crippen molar-refractivity contribution < 1.29 is 19.4 Å². The summed E-state index contributed by atoms with van der Waals surface area (Å²) in [5.41, 5.74) is 4.14. The number of aromatic carboxylic acids is 1. The first kappa shape index (κ1) is 17.0. The Morgan fingerprint density at radius 3 is 1.85 bits per heavy atom. The average molecular weight is 361 g/mol. The molecule has 0 saturated heterocycles. The number of nitrogens with zero attached hydrogens (tertiary/aromatic N) is 1. The summed E-state index contributed by atoms with van der Waals surface area (Å²) in [5, 5.41) is 11.3. The van der Waals surface area contributed by atoms with Crippen molar-refractivity contribution in [2.45, 2.75) is 6.92 Å². The minimum absolute atomic E-state index is 0.278. The van der Waals surface area contributed by atoms with Crippen molar-refractivity contribution >= 4 is 27.8 Å². The lowest BCUT2D eigenvalue weighted by Gasteiger charge is -2.12. The summed E-state index contributed by atoms with van der Waals surface area (Å²) in [6.45, 7) is 1.92. The van der Waals surface area contributed by atoms with E-state index in [2.05, 4.69) is 4.57 Å². The molecular weight excluding hydrogens is 342 g/mol. The van der Waals surface area contributed by atoms with E-state index in [0.717, 1.165) is 44.6 Å². The number of carboxylic acids is 1. The molecule has 0 saturated carbocycles. The second-order valence-electron chi connectivity index (χ2n) is 6.41. The van der Waals surface area contributed by atoms with Crippen LogP contribution in [0.3, 0.4) is 0 Å². The number of carbonyl (C=O) groups is 1. The predicted molar refractivity (Wildman–Crippen MR) is 106 cm³/mol. The predicted octanol–water partition coefficient (Wildman–Crippen LogP) is 4.81. The van der Waals surface area contributed by atoms with Crippen LogP contribution in [-0.4, -0.2) is 29.9 Å². The maximum absolute atomic E-state index is 11.3. The SMILES string of the molecule is COc1ccc2c(c1)c1cc(OC)ccc1n2-c1ccc(C(=O)O)cc1C. The molecular formula is C22H19NO4. The maximum Gasteiger partial charge on any atom is 0.335 e. The van der Waals surface area contributed by atoms with Gasteiger partial charge in [0.1, 0.15) is 11.5 Å². The van der Waals surface area contributed by atoms with Gasteiger partial charge in [0.15, 0.2) is 0 Å². The molecule has 4 aromatic rings. The highest BCUT2D eigenvalue weighted by molar-refractivity contribution is 6.10. The average Bonchev–Trinajstić information content (AvgIpc) is 3.00. The molecule has 0 fully saturated rings. The molecule has 0 amide bonds. The number of hydrogen-bond acceptors (Lipinski definition) is 3. The smallest absolute Gasteiger partial charge is 0.335 e. The zero-order chi connectivity index (χ0) is 19.1. The minimum Gasteiger partial charge on any atom is -0.497 e. The van der Waals surface area contributed by atoms with E-state index in [9.17, 15) is 9.90 Å². The zero-order valence-corrected chi connectivity index (χ0v) is 15.3. The molecule has 0 bridgehead atoms. The van der Waals surface area contributed by atoms with Crippen LogP contribution in [0.25, 0.3) is 27.5 Å². The third-order valence-corrected chi connectivity index (χ3v) is 4.86. The molecule has 1 heterocycles. The summed E-state index contributed by atoms with van der Waals surface area (Å²) in [5.74, 6) is 0.631. The summed E-state index contributed by atoms with van der Waals surface area (Å²) in [6, 6.07) is 17.1. The Balaban J connectivity index is 2.09. The molecule has 5 heteroatoms. The lowest BCUT2D eigenvalue weighted by molar-refractivity contribution is 0.0697. The van der Waals surface area contributed by atoms with Crippen LogP contribution in [0.15, 0.2) is 54.6 Å². The van der Waals surface area contributed by atoms with Gasteiger partial charge in [0.25, 0.3) is 0 Å². The van der Waals surface area contributed by atoms with Gasteiger partial charge in [0.2, 0.25) is 0 Å². The van der Waals surface area contributed by atoms with Gasteiger partial charge in [-0.25, -0.2) is 4.79 Å². The fraction of sp³-hybridized carbons (Fsp3) is 0.136. The van der Waals surface area contributed by atoms with Gasteiger partial charge < -0.3 is 19.1 Å². The van der Waals surface area contributed by atoms with E-state index in [4.69, 9.17) is 9.47 Å². The van der Waals surface area contributed by atoms with Crippen LogP contribution in [0.4, 0.5) is 0 Å². The molecule has 0 aliphatic rings. The van der Waals surface area contributed by atoms with E-state index in [1.807, 2.05) is 49.4 Å². The Hall–Kier alpha value is -3.47. The molecule has 1 aromatic heterocycles. The minimum atomic E-state index is -0.929. The molecule has 27 heavy (non-hydrogen) atoms. The van der Waals surface area contributed by atoms with Gasteiger partial charge in [0, 0.05) is 16.5 Å². The van der Waals surface area contributed by atoms with E-state index in [1.54, 1.807) is 26.4 Å². The van der Waals surface area contributed by atoms with Gasteiger partial charge in [-0.3, -0.25) is 0 Å². The highest BCUT2D eigenvalue weighted by atomic mass is 16.5. The van der Waals surface area contributed by atoms with Crippen LogP contribution in [0.1, 0.15) is 15.9 Å². The van der Waals surface area contributed by atoms with E-state index in [-0.39, 0.29) is 5.56 Å². The Kier molecular flexibility index (Phi) is 4.00. The molecule has 0 spiro atoms. The number of ether oxygens (including phenoxy) is 2. The van der Waals surface area contributed by atoms with Crippen LogP contribution in [0.2, 0.25) is 0 Å². The zero-order valence-electron chi connectivity index (χ0n) is 15.3. The van der Waals surface area contributed by atoms with Crippen molar-refractivity contribution in [1.82, 2.24) is 4.57 Å². The third kappa shape index (κ3) is 2.68. The van der Waals surface area contributed by atoms with Gasteiger partial charge in [-0.05, 0) is 67.1 Å². The van der Waals surface area contributed by atoms with Crippen LogP contribution < -0.4 is 9.47 Å². The standard InChI is InChI=1S/C22H19NO4/c1-13-10-14(22(24)25)4-7-19(13)23-20-8-5-15(26-2)11-17(20)18-12-16(27-3)6-9-21(18)23/h4-12H,1-3H3,(H,24,25). The van der Waals surface area contributed by atoms with Gasteiger partial charge in [-0.1, -0.05) is 0 Å². The van der Waals surface area contributed by atoms with Crippen LogP contribution in [0.5, 0.6) is 11.5 Å². The van der Waals surface area contributed by atoms with E-state index in [1.165, 1.54) is 0 Å². The molecule has 0 radical (unpaired) electrons. The molecule has 0 atom stereocenters. The summed E-state index contributed by atoms with van der Waals surface area (Å²) in [7, 11) is 3.30. The van der Waals surface area contributed by atoms with Crippen molar-refractivity contribution in [3.8, 4) is 17.2 Å². The maximum atomic E-state index is 11.3. The molecule has 4 rings (SSSR count). The lowest BCUT2D eigenvalue weighted by atomic mass is 10.1. The summed E-state index contributed by atoms with van der Waals surface area (Å²) in [4.78, 5) is 11.3. The Bertz CT molecular complexity index is 1130. The van der Waals surface area contributed by atoms with Crippen molar-refractivity contribution in [2.24, 2.45) is 0 Å². The first-order valence-corrected chi connectivity index (χ1v) is 8.54. The monoisotopic (exact) mass is 361 g/mol. The van der Waals surface area contributed by atoms with Crippen LogP contribution in [-0.2, 0) is 0 Å².